The maximum Gasteiger partial charge on any atom is 0.225 e. The molecule has 1 fully saturated rings. The summed E-state index contributed by atoms with van der Waals surface area (Å²) in [6.45, 7) is 7.10. The maximum atomic E-state index is 12.1. The molecule has 0 aromatic carbocycles. The summed E-state index contributed by atoms with van der Waals surface area (Å²) in [4.78, 5) is 23.4. The molecule has 0 amide bonds. The molecule has 1 aliphatic heterocycles. The molecule has 2 heterocycles. The molecule has 19 heavy (non-hydrogen) atoms. The van der Waals surface area contributed by atoms with E-state index in [4.69, 9.17) is 4.74 Å². The standard InChI is InChI=1S/C14H19N3O2/c1-9-7-11-13(12(18)8-9)10(2)15-14(16-11)17-3-5-19-6-4-17/h9H,3-8H2,1-2H3. The molecule has 1 atom stereocenters. The largest absolute Gasteiger partial charge is 0.378 e. The first-order valence-corrected chi connectivity index (χ1v) is 6.88. The van der Waals surface area contributed by atoms with Crippen LogP contribution in [0, 0.1) is 12.8 Å². The van der Waals surface area contributed by atoms with E-state index in [2.05, 4.69) is 21.8 Å². The van der Waals surface area contributed by atoms with Gasteiger partial charge in [-0.15, -0.1) is 0 Å². The van der Waals surface area contributed by atoms with Crippen LogP contribution in [0.15, 0.2) is 0 Å². The van der Waals surface area contributed by atoms with Gasteiger partial charge in [0.1, 0.15) is 0 Å². The molecule has 3 rings (SSSR count). The highest BCUT2D eigenvalue weighted by atomic mass is 16.5. The molecule has 2 aliphatic rings. The molecule has 1 saturated heterocycles. The first-order valence-electron chi connectivity index (χ1n) is 6.88. The van der Waals surface area contributed by atoms with Crippen LogP contribution in [0.4, 0.5) is 5.95 Å². The molecule has 1 unspecified atom stereocenters. The number of carbonyl (C=O) groups excluding carboxylic acids is 1. The Labute approximate surface area is 113 Å². The Balaban J connectivity index is 1.98. The summed E-state index contributed by atoms with van der Waals surface area (Å²) in [5, 5.41) is 0. The molecule has 1 aromatic rings. The van der Waals surface area contributed by atoms with Gasteiger partial charge >= 0.3 is 0 Å². The topological polar surface area (TPSA) is 55.3 Å². The van der Waals surface area contributed by atoms with Crippen molar-refractivity contribution in [3.63, 3.8) is 0 Å². The van der Waals surface area contributed by atoms with Crippen LogP contribution >= 0.6 is 0 Å². The van der Waals surface area contributed by atoms with Gasteiger partial charge in [-0.2, -0.15) is 0 Å². The summed E-state index contributed by atoms with van der Waals surface area (Å²) in [6, 6.07) is 0. The number of aromatic nitrogens is 2. The van der Waals surface area contributed by atoms with Crippen LogP contribution in [-0.2, 0) is 11.2 Å². The van der Waals surface area contributed by atoms with Crippen molar-refractivity contribution in [3.05, 3.63) is 17.0 Å². The Hall–Kier alpha value is -1.49. The molecule has 0 bridgehead atoms. The number of ketones is 1. The van der Waals surface area contributed by atoms with Gasteiger partial charge in [-0.25, -0.2) is 9.97 Å². The van der Waals surface area contributed by atoms with Crippen LogP contribution in [-0.4, -0.2) is 42.1 Å². The number of anilines is 1. The molecular weight excluding hydrogens is 242 g/mol. The fourth-order valence-corrected chi connectivity index (χ4v) is 2.85. The summed E-state index contributed by atoms with van der Waals surface area (Å²) in [6.07, 6.45) is 1.50. The van der Waals surface area contributed by atoms with Crippen LogP contribution in [0.25, 0.3) is 0 Å². The van der Waals surface area contributed by atoms with E-state index in [1.165, 1.54) is 0 Å². The summed E-state index contributed by atoms with van der Waals surface area (Å²) >= 11 is 0. The first kappa shape index (κ1) is 12.5. The van der Waals surface area contributed by atoms with E-state index >= 15 is 0 Å². The van der Waals surface area contributed by atoms with Crippen molar-refractivity contribution in [1.82, 2.24) is 9.97 Å². The summed E-state index contributed by atoms with van der Waals surface area (Å²) in [7, 11) is 0. The van der Waals surface area contributed by atoms with Crippen molar-refractivity contribution in [2.24, 2.45) is 5.92 Å². The van der Waals surface area contributed by atoms with Crippen LogP contribution in [0.5, 0.6) is 0 Å². The quantitative estimate of drug-likeness (QED) is 0.764. The lowest BCUT2D eigenvalue weighted by Crippen LogP contribution is -2.38. The Morgan fingerprint density at radius 1 is 1.21 bits per heavy atom. The zero-order valence-corrected chi connectivity index (χ0v) is 11.5. The first-order chi connectivity index (χ1) is 9.15. The van der Waals surface area contributed by atoms with Crippen molar-refractivity contribution in [3.8, 4) is 0 Å². The fourth-order valence-electron chi connectivity index (χ4n) is 2.85. The average molecular weight is 261 g/mol. The van der Waals surface area contributed by atoms with E-state index in [1.807, 2.05) is 6.92 Å². The third-order valence-corrected chi connectivity index (χ3v) is 3.80. The zero-order chi connectivity index (χ0) is 13.4. The van der Waals surface area contributed by atoms with Gasteiger partial charge in [0.25, 0.3) is 0 Å². The predicted molar refractivity (Wildman–Crippen MR) is 71.6 cm³/mol. The van der Waals surface area contributed by atoms with Gasteiger partial charge in [0, 0.05) is 19.5 Å². The van der Waals surface area contributed by atoms with Crippen molar-refractivity contribution in [1.29, 1.82) is 0 Å². The second-order valence-electron chi connectivity index (χ2n) is 5.47. The minimum Gasteiger partial charge on any atom is -0.378 e. The van der Waals surface area contributed by atoms with Gasteiger partial charge in [-0.05, 0) is 19.3 Å². The van der Waals surface area contributed by atoms with Gasteiger partial charge in [0.05, 0.1) is 30.2 Å². The van der Waals surface area contributed by atoms with Crippen LogP contribution in [0.1, 0.15) is 35.1 Å². The minimum atomic E-state index is 0.194. The number of fused-ring (bicyclic) bond motifs is 1. The van der Waals surface area contributed by atoms with Crippen LogP contribution < -0.4 is 4.90 Å². The lowest BCUT2D eigenvalue weighted by molar-refractivity contribution is 0.0950. The average Bonchev–Trinajstić information content (AvgIpc) is 2.38. The highest BCUT2D eigenvalue weighted by Gasteiger charge is 2.27. The Morgan fingerprint density at radius 3 is 2.68 bits per heavy atom. The molecular formula is C14H19N3O2. The number of nitrogens with zero attached hydrogens (tertiary/aromatic N) is 3. The van der Waals surface area contributed by atoms with Crippen molar-refractivity contribution >= 4 is 11.7 Å². The second-order valence-corrected chi connectivity index (χ2v) is 5.47. The molecule has 5 nitrogen and oxygen atoms in total. The van der Waals surface area contributed by atoms with E-state index in [0.29, 0.717) is 12.3 Å². The molecule has 0 radical (unpaired) electrons. The second kappa shape index (κ2) is 4.89. The third-order valence-electron chi connectivity index (χ3n) is 3.80. The van der Waals surface area contributed by atoms with Crippen molar-refractivity contribution < 1.29 is 9.53 Å². The number of morpholine rings is 1. The van der Waals surface area contributed by atoms with Crippen LogP contribution in [0.2, 0.25) is 0 Å². The molecule has 5 heteroatoms. The minimum absolute atomic E-state index is 0.194. The number of carbonyl (C=O) groups is 1. The number of hydrogen-bond acceptors (Lipinski definition) is 5. The number of rotatable bonds is 1. The number of hydrogen-bond donors (Lipinski definition) is 0. The fraction of sp³-hybridized carbons (Fsp3) is 0.643. The number of aryl methyl sites for hydroxylation is 1. The molecule has 0 N–H and O–H groups in total. The van der Waals surface area contributed by atoms with E-state index < -0.39 is 0 Å². The van der Waals surface area contributed by atoms with Gasteiger partial charge in [0.15, 0.2) is 5.78 Å². The van der Waals surface area contributed by atoms with Gasteiger partial charge in [-0.1, -0.05) is 6.92 Å². The highest BCUT2D eigenvalue weighted by molar-refractivity contribution is 5.99. The molecule has 0 saturated carbocycles. The van der Waals surface area contributed by atoms with E-state index in [1.54, 1.807) is 0 Å². The third kappa shape index (κ3) is 2.34. The Morgan fingerprint density at radius 2 is 1.95 bits per heavy atom. The lowest BCUT2D eigenvalue weighted by Gasteiger charge is -2.29. The lowest BCUT2D eigenvalue weighted by atomic mass is 9.86. The summed E-state index contributed by atoms with van der Waals surface area (Å²) in [5.74, 6) is 1.33. The van der Waals surface area contributed by atoms with Gasteiger partial charge < -0.3 is 9.64 Å². The molecule has 1 aromatic heterocycles. The number of ether oxygens (including phenoxy) is 1. The zero-order valence-electron chi connectivity index (χ0n) is 11.5. The maximum absolute atomic E-state index is 12.1. The van der Waals surface area contributed by atoms with E-state index in [0.717, 1.165) is 55.6 Å². The normalized spacial score (nSPS) is 23.4. The smallest absolute Gasteiger partial charge is 0.225 e. The Bertz CT molecular complexity index is 510. The van der Waals surface area contributed by atoms with Gasteiger partial charge in [-0.3, -0.25) is 4.79 Å². The predicted octanol–water partition coefficient (Wildman–Crippen LogP) is 1.39. The van der Waals surface area contributed by atoms with E-state index in [9.17, 15) is 4.79 Å². The number of Topliss-reactive ketones (excluding diaryl/α,β-unsaturated/α-hetero) is 1. The summed E-state index contributed by atoms with van der Waals surface area (Å²) in [5.41, 5.74) is 2.51. The van der Waals surface area contributed by atoms with Crippen molar-refractivity contribution in [2.45, 2.75) is 26.7 Å². The SMILES string of the molecule is Cc1nc(N2CCOCC2)nc2c1C(=O)CC(C)C2. The van der Waals surface area contributed by atoms with Crippen molar-refractivity contribution in [2.75, 3.05) is 31.2 Å². The van der Waals surface area contributed by atoms with Crippen LogP contribution in [0.3, 0.4) is 0 Å². The molecule has 102 valence electrons. The Kier molecular flexibility index (Phi) is 3.22. The summed E-state index contributed by atoms with van der Waals surface area (Å²) < 4.78 is 5.35. The molecule has 0 spiro atoms. The molecule has 1 aliphatic carbocycles. The van der Waals surface area contributed by atoms with Gasteiger partial charge in [0.2, 0.25) is 5.95 Å². The monoisotopic (exact) mass is 261 g/mol. The highest BCUT2D eigenvalue weighted by Crippen LogP contribution is 2.27. The van der Waals surface area contributed by atoms with E-state index in [-0.39, 0.29) is 5.78 Å².